The smallest absolute Gasteiger partial charge is 0.303 e. The van der Waals surface area contributed by atoms with Gasteiger partial charge in [-0.15, -0.1) is 0 Å². The Kier molecular flexibility index (Phi) is 10.2. The lowest BCUT2D eigenvalue weighted by atomic mass is 9.79. The van der Waals surface area contributed by atoms with Crippen LogP contribution in [0.5, 0.6) is 0 Å². The fourth-order valence-electron chi connectivity index (χ4n) is 4.23. The Labute approximate surface area is 173 Å². The maximum absolute atomic E-state index is 12.1. The maximum atomic E-state index is 12.1. The molecule has 164 valence electrons. The van der Waals surface area contributed by atoms with Gasteiger partial charge in [-0.1, -0.05) is 31.9 Å². The van der Waals surface area contributed by atoms with Gasteiger partial charge >= 0.3 is 5.97 Å². The van der Waals surface area contributed by atoms with E-state index in [1.54, 1.807) is 0 Å². The number of aliphatic carboxylic acids is 1. The lowest BCUT2D eigenvalue weighted by Gasteiger charge is -2.26. The Hall–Kier alpha value is -1.89. The van der Waals surface area contributed by atoms with Crippen LogP contribution >= 0.6 is 0 Å². The summed E-state index contributed by atoms with van der Waals surface area (Å²) in [7, 11) is 0. The highest BCUT2D eigenvalue weighted by atomic mass is 16.5. The number of amides is 2. The summed E-state index contributed by atoms with van der Waals surface area (Å²) < 4.78 is 6.04. The number of hydrogen-bond acceptors (Lipinski definition) is 4. The standard InChI is InChI=1S/C22H36N2O5/c1-2-3-6-10-20(25)24-15-21(26)23-14-17-16(18-12-13-19(17)29-18)9-7-4-5-8-11-22(27)28/h7,9,16-19H,2-6,8,10-15H2,1H3,(H,23,26)(H,24,25)(H,27,28)/b9-7-/t16-,17+,18-,19+/m0/s1. The van der Waals surface area contributed by atoms with E-state index in [4.69, 9.17) is 9.84 Å². The largest absolute Gasteiger partial charge is 0.481 e. The number of hydrogen-bond donors (Lipinski definition) is 3. The summed E-state index contributed by atoms with van der Waals surface area (Å²) in [6.45, 7) is 2.67. The summed E-state index contributed by atoms with van der Waals surface area (Å²) in [6, 6.07) is 0. The van der Waals surface area contributed by atoms with Crippen LogP contribution in [0, 0.1) is 11.8 Å². The van der Waals surface area contributed by atoms with Crippen molar-refractivity contribution in [3.8, 4) is 0 Å². The van der Waals surface area contributed by atoms with Gasteiger partial charge in [-0.2, -0.15) is 0 Å². The van der Waals surface area contributed by atoms with E-state index in [1.807, 2.05) is 0 Å². The summed E-state index contributed by atoms with van der Waals surface area (Å²) in [6.07, 6.45) is 12.9. The van der Waals surface area contributed by atoms with Gasteiger partial charge in [-0.25, -0.2) is 0 Å². The minimum atomic E-state index is -0.747. The van der Waals surface area contributed by atoms with Crippen LogP contribution in [-0.4, -0.2) is 48.2 Å². The van der Waals surface area contributed by atoms with Crippen molar-refractivity contribution < 1.29 is 24.2 Å². The van der Waals surface area contributed by atoms with Crippen molar-refractivity contribution in [2.75, 3.05) is 13.1 Å². The molecule has 0 saturated carbocycles. The lowest BCUT2D eigenvalue weighted by molar-refractivity contribution is -0.137. The Morgan fingerprint density at radius 1 is 1.00 bits per heavy atom. The van der Waals surface area contributed by atoms with Crippen LogP contribution in [0.4, 0.5) is 0 Å². The Morgan fingerprint density at radius 2 is 1.76 bits per heavy atom. The number of carbonyl (C=O) groups excluding carboxylic acids is 2. The Balaban J connectivity index is 1.68. The second-order valence-electron chi connectivity index (χ2n) is 8.14. The van der Waals surface area contributed by atoms with Crippen molar-refractivity contribution in [1.82, 2.24) is 10.6 Å². The monoisotopic (exact) mass is 408 g/mol. The molecule has 2 aliphatic heterocycles. The van der Waals surface area contributed by atoms with Crippen LogP contribution in [0.25, 0.3) is 0 Å². The lowest BCUT2D eigenvalue weighted by Crippen LogP contribution is -2.42. The molecule has 0 unspecified atom stereocenters. The van der Waals surface area contributed by atoms with E-state index in [0.717, 1.165) is 44.9 Å². The predicted octanol–water partition coefficient (Wildman–Crippen LogP) is 2.79. The van der Waals surface area contributed by atoms with Gasteiger partial charge in [0.05, 0.1) is 18.8 Å². The quantitative estimate of drug-likeness (QED) is 0.303. The molecule has 0 aromatic carbocycles. The third-order valence-electron chi connectivity index (χ3n) is 5.84. The first kappa shape index (κ1) is 23.4. The van der Waals surface area contributed by atoms with Gasteiger partial charge in [0.25, 0.3) is 0 Å². The van der Waals surface area contributed by atoms with Crippen molar-refractivity contribution >= 4 is 17.8 Å². The zero-order valence-corrected chi connectivity index (χ0v) is 17.5. The van der Waals surface area contributed by atoms with Crippen molar-refractivity contribution in [3.63, 3.8) is 0 Å². The van der Waals surface area contributed by atoms with E-state index in [9.17, 15) is 14.4 Å². The molecule has 7 nitrogen and oxygen atoms in total. The first-order valence-electron chi connectivity index (χ1n) is 11.1. The molecule has 7 heteroatoms. The normalized spacial score (nSPS) is 25.4. The van der Waals surface area contributed by atoms with Gasteiger partial charge in [-0.3, -0.25) is 14.4 Å². The highest BCUT2D eigenvalue weighted by Crippen LogP contribution is 2.43. The molecule has 0 aliphatic carbocycles. The number of carboxylic acids is 1. The molecule has 2 amide bonds. The molecular formula is C22H36N2O5. The van der Waals surface area contributed by atoms with E-state index in [0.29, 0.717) is 19.4 Å². The first-order chi connectivity index (χ1) is 14.0. The van der Waals surface area contributed by atoms with Crippen LogP contribution in [0.15, 0.2) is 12.2 Å². The molecule has 4 atom stereocenters. The summed E-state index contributed by atoms with van der Waals surface area (Å²) in [5.74, 6) is -0.428. The summed E-state index contributed by atoms with van der Waals surface area (Å²) in [5, 5.41) is 14.3. The highest BCUT2D eigenvalue weighted by molar-refractivity contribution is 5.84. The average Bonchev–Trinajstić information content (AvgIpc) is 3.29. The second kappa shape index (κ2) is 12.6. The van der Waals surface area contributed by atoms with Crippen molar-refractivity contribution in [2.45, 2.75) is 83.3 Å². The number of ether oxygens (including phenoxy) is 1. The van der Waals surface area contributed by atoms with Crippen LogP contribution < -0.4 is 10.6 Å². The molecule has 0 radical (unpaired) electrons. The molecule has 0 spiro atoms. The molecule has 0 aromatic rings. The predicted molar refractivity (Wildman–Crippen MR) is 110 cm³/mol. The van der Waals surface area contributed by atoms with Crippen molar-refractivity contribution in [1.29, 1.82) is 0 Å². The molecule has 3 N–H and O–H groups in total. The van der Waals surface area contributed by atoms with Crippen LogP contribution in [0.3, 0.4) is 0 Å². The van der Waals surface area contributed by atoms with Crippen molar-refractivity contribution in [2.24, 2.45) is 11.8 Å². The average molecular weight is 409 g/mol. The highest BCUT2D eigenvalue weighted by Gasteiger charge is 2.47. The Bertz CT molecular complexity index is 578. The van der Waals surface area contributed by atoms with E-state index in [1.165, 1.54) is 0 Å². The molecule has 2 saturated heterocycles. The Morgan fingerprint density at radius 3 is 2.52 bits per heavy atom. The van der Waals surface area contributed by atoms with E-state index < -0.39 is 5.97 Å². The van der Waals surface area contributed by atoms with Crippen LogP contribution in [0.2, 0.25) is 0 Å². The molecule has 0 aromatic heterocycles. The third kappa shape index (κ3) is 8.17. The summed E-state index contributed by atoms with van der Waals surface area (Å²) in [5.41, 5.74) is 0. The molecule has 2 rings (SSSR count). The maximum Gasteiger partial charge on any atom is 0.303 e. The van der Waals surface area contributed by atoms with E-state index in [2.05, 4.69) is 29.7 Å². The van der Waals surface area contributed by atoms with Gasteiger partial charge < -0.3 is 20.5 Å². The van der Waals surface area contributed by atoms with Gasteiger partial charge in [0.1, 0.15) is 0 Å². The third-order valence-corrected chi connectivity index (χ3v) is 5.84. The number of carboxylic acid groups (broad SMARTS) is 1. The van der Waals surface area contributed by atoms with Gasteiger partial charge in [-0.05, 0) is 38.5 Å². The number of rotatable bonds is 14. The minimum Gasteiger partial charge on any atom is -0.481 e. The number of unbranched alkanes of at least 4 members (excludes halogenated alkanes) is 4. The van der Waals surface area contributed by atoms with Gasteiger partial charge in [0, 0.05) is 31.2 Å². The van der Waals surface area contributed by atoms with E-state index in [-0.39, 0.29) is 48.8 Å². The summed E-state index contributed by atoms with van der Waals surface area (Å²) in [4.78, 5) is 34.4. The number of carbonyl (C=O) groups is 3. The molecular weight excluding hydrogens is 372 g/mol. The van der Waals surface area contributed by atoms with Crippen molar-refractivity contribution in [3.05, 3.63) is 12.2 Å². The van der Waals surface area contributed by atoms with Crippen LogP contribution in [-0.2, 0) is 19.1 Å². The fourth-order valence-corrected chi connectivity index (χ4v) is 4.23. The zero-order valence-electron chi connectivity index (χ0n) is 17.5. The number of nitrogens with one attached hydrogen (secondary N) is 2. The van der Waals surface area contributed by atoms with E-state index >= 15 is 0 Å². The molecule has 2 aliphatic rings. The van der Waals surface area contributed by atoms with Gasteiger partial charge in [0.15, 0.2) is 0 Å². The second-order valence-corrected chi connectivity index (χ2v) is 8.14. The first-order valence-corrected chi connectivity index (χ1v) is 11.1. The molecule has 29 heavy (non-hydrogen) atoms. The topological polar surface area (TPSA) is 105 Å². The molecule has 2 fully saturated rings. The van der Waals surface area contributed by atoms with Gasteiger partial charge in [0.2, 0.25) is 11.8 Å². The number of allylic oxidation sites excluding steroid dienone is 1. The molecule has 2 heterocycles. The number of fused-ring (bicyclic) bond motifs is 2. The zero-order chi connectivity index (χ0) is 21.1. The summed E-state index contributed by atoms with van der Waals surface area (Å²) >= 11 is 0. The van der Waals surface area contributed by atoms with Crippen LogP contribution in [0.1, 0.15) is 71.1 Å². The SMILES string of the molecule is CCCCCC(=O)NCC(=O)NC[C@@H]1[C@H](/C=C\CCCCC(=O)O)[C@@H]2CC[C@H]1O2. The molecule has 2 bridgehead atoms. The minimum absolute atomic E-state index is 0.0245. The fraction of sp³-hybridized carbons (Fsp3) is 0.773.